The van der Waals surface area contributed by atoms with Gasteiger partial charge in [0.05, 0.1) is 28.8 Å². The van der Waals surface area contributed by atoms with E-state index in [2.05, 4.69) is 25.3 Å². The molecule has 0 bridgehead atoms. The Morgan fingerprint density at radius 3 is 2.55 bits per heavy atom. The minimum atomic E-state index is -4.63. The second kappa shape index (κ2) is 10.9. The Kier molecular flexibility index (Phi) is 7.79. The summed E-state index contributed by atoms with van der Waals surface area (Å²) in [6, 6.07) is 9.08. The summed E-state index contributed by atoms with van der Waals surface area (Å²) >= 11 is 0. The zero-order valence-electron chi connectivity index (χ0n) is 21.5. The number of imidazole rings is 1. The summed E-state index contributed by atoms with van der Waals surface area (Å²) in [6.07, 6.45) is 6.52. The molecule has 0 saturated heterocycles. The van der Waals surface area contributed by atoms with Crippen LogP contribution in [-0.4, -0.2) is 30.4 Å². The number of allylic oxidation sites excluding steroid dienone is 2. The van der Waals surface area contributed by atoms with Crippen LogP contribution in [0.3, 0.4) is 0 Å². The first-order chi connectivity index (χ1) is 18.5. The molecular weight excluding hydrogens is 543 g/mol. The molecule has 0 spiro atoms. The first-order valence-electron chi connectivity index (χ1n) is 12.0. The van der Waals surface area contributed by atoms with Crippen molar-refractivity contribution < 1.29 is 18.0 Å². The lowest BCUT2D eigenvalue weighted by Gasteiger charge is -2.39. The van der Waals surface area contributed by atoms with E-state index in [9.17, 15) is 18.0 Å². The Balaban J connectivity index is 0.00000370. The fourth-order valence-corrected chi connectivity index (χ4v) is 4.58. The van der Waals surface area contributed by atoms with Crippen molar-refractivity contribution in [3.63, 3.8) is 0 Å². The van der Waals surface area contributed by atoms with Crippen LogP contribution in [0.2, 0.25) is 0 Å². The molecule has 1 aliphatic rings. The predicted molar refractivity (Wildman–Crippen MR) is 147 cm³/mol. The Labute approximate surface area is 234 Å². The lowest BCUT2D eigenvalue weighted by atomic mass is 9.74. The molecule has 1 atom stereocenters. The van der Waals surface area contributed by atoms with Crippen LogP contribution in [0.15, 0.2) is 90.8 Å². The third-order valence-electron chi connectivity index (χ3n) is 6.67. The van der Waals surface area contributed by atoms with Crippen LogP contribution < -0.4 is 11.1 Å². The van der Waals surface area contributed by atoms with Crippen molar-refractivity contribution in [2.45, 2.75) is 32.0 Å². The molecule has 5 rings (SSSR count). The monoisotopic (exact) mass is 567 g/mol. The quantitative estimate of drug-likeness (QED) is 0.316. The van der Waals surface area contributed by atoms with Gasteiger partial charge in [-0.15, -0.1) is 12.4 Å². The number of rotatable bonds is 6. The Bertz CT molecular complexity index is 1620. The van der Waals surface area contributed by atoms with Crippen molar-refractivity contribution in [3.8, 4) is 16.9 Å². The predicted octanol–water partition coefficient (Wildman–Crippen LogP) is 5.54. The van der Waals surface area contributed by atoms with Gasteiger partial charge in [0.2, 0.25) is 11.9 Å². The number of hydrogen-bond acceptors (Lipinski definition) is 6. The number of aryl methyl sites for hydroxylation is 1. The van der Waals surface area contributed by atoms with Crippen LogP contribution in [0.25, 0.3) is 16.9 Å². The summed E-state index contributed by atoms with van der Waals surface area (Å²) in [5.74, 6) is -0.514. The number of alkyl halides is 3. The zero-order valence-corrected chi connectivity index (χ0v) is 22.3. The number of primary amides is 1. The molecule has 1 amide bonds. The molecule has 1 aliphatic carbocycles. The minimum Gasteiger partial charge on any atom is -0.366 e. The molecule has 40 heavy (non-hydrogen) atoms. The standard InChI is InChI=1S/C28H24F3N7O.ClH/c1-17-5-6-19(25(32)39)13-27(17,37-26-34-9-7-24(36-26)20-4-3-8-33-14-20)21-10-22(28(29,30)31)12-23(11-21)38-15-18(2)35-16-38;/h3-12,14-16H,13H2,1-2H3,(H2,32,39)(H,34,36,37);1H. The highest BCUT2D eigenvalue weighted by Crippen LogP contribution is 2.44. The summed E-state index contributed by atoms with van der Waals surface area (Å²) in [5.41, 5.74) is 6.82. The van der Waals surface area contributed by atoms with Crippen LogP contribution in [-0.2, 0) is 16.5 Å². The molecule has 3 heterocycles. The maximum Gasteiger partial charge on any atom is 0.416 e. The second-order valence-corrected chi connectivity index (χ2v) is 9.31. The summed E-state index contributed by atoms with van der Waals surface area (Å²) in [4.78, 5) is 29.5. The summed E-state index contributed by atoms with van der Waals surface area (Å²) in [5, 5.41) is 3.27. The van der Waals surface area contributed by atoms with Crippen LogP contribution in [0.1, 0.15) is 30.2 Å². The van der Waals surface area contributed by atoms with Gasteiger partial charge in [-0.25, -0.2) is 15.0 Å². The Morgan fingerprint density at radius 2 is 1.90 bits per heavy atom. The molecule has 0 radical (unpaired) electrons. The van der Waals surface area contributed by atoms with Gasteiger partial charge in [-0.1, -0.05) is 12.2 Å². The van der Waals surface area contributed by atoms with Gasteiger partial charge in [-0.3, -0.25) is 9.78 Å². The number of benzene rings is 1. The summed E-state index contributed by atoms with van der Waals surface area (Å²) in [6.45, 7) is 3.52. The number of pyridine rings is 1. The average molecular weight is 568 g/mol. The van der Waals surface area contributed by atoms with E-state index >= 15 is 0 Å². The highest BCUT2D eigenvalue weighted by Gasteiger charge is 2.41. The van der Waals surface area contributed by atoms with Crippen LogP contribution >= 0.6 is 12.4 Å². The van der Waals surface area contributed by atoms with Crippen LogP contribution in [0, 0.1) is 6.92 Å². The van der Waals surface area contributed by atoms with Gasteiger partial charge < -0.3 is 15.6 Å². The number of halogens is 4. The molecule has 0 saturated carbocycles. The number of nitrogens with zero attached hydrogens (tertiary/aromatic N) is 5. The third kappa shape index (κ3) is 5.59. The van der Waals surface area contributed by atoms with Crippen LogP contribution in [0.4, 0.5) is 19.1 Å². The van der Waals surface area contributed by atoms with Crippen molar-refractivity contribution in [3.05, 3.63) is 108 Å². The van der Waals surface area contributed by atoms with Gasteiger partial charge in [-0.05, 0) is 61.4 Å². The normalized spacial score (nSPS) is 16.9. The molecule has 3 N–H and O–H groups in total. The van der Waals surface area contributed by atoms with Crippen LogP contribution in [0.5, 0.6) is 0 Å². The fraction of sp³-hybridized carbons (Fsp3) is 0.179. The van der Waals surface area contributed by atoms with Gasteiger partial charge in [0.15, 0.2) is 0 Å². The number of carbonyl (C=O) groups excluding carboxylic acids is 1. The fourth-order valence-electron chi connectivity index (χ4n) is 4.58. The molecule has 12 heteroatoms. The molecule has 4 aromatic rings. The molecule has 8 nitrogen and oxygen atoms in total. The maximum absolute atomic E-state index is 14.2. The number of carbonyl (C=O) groups is 1. The van der Waals surface area contributed by atoms with E-state index in [1.807, 2.05) is 6.07 Å². The second-order valence-electron chi connectivity index (χ2n) is 9.31. The number of nitrogens with two attached hydrogens (primary N) is 1. The topological polar surface area (TPSA) is 112 Å². The van der Waals surface area contributed by atoms with Gasteiger partial charge in [0.1, 0.15) is 0 Å². The molecule has 0 aliphatic heterocycles. The van der Waals surface area contributed by atoms with Crippen molar-refractivity contribution in [1.29, 1.82) is 0 Å². The number of anilines is 1. The Hall–Kier alpha value is -4.51. The Morgan fingerprint density at radius 1 is 1.10 bits per heavy atom. The van der Waals surface area contributed by atoms with E-state index in [4.69, 9.17) is 5.73 Å². The smallest absolute Gasteiger partial charge is 0.366 e. The highest BCUT2D eigenvalue weighted by atomic mass is 35.5. The number of hydrogen-bond donors (Lipinski definition) is 2. The van der Waals surface area contributed by atoms with Crippen molar-refractivity contribution in [2.24, 2.45) is 5.73 Å². The average Bonchev–Trinajstić information content (AvgIpc) is 3.36. The third-order valence-corrected chi connectivity index (χ3v) is 6.67. The lowest BCUT2D eigenvalue weighted by Crippen LogP contribution is -2.41. The van der Waals surface area contributed by atoms with E-state index in [1.54, 1.807) is 69.0 Å². The molecule has 3 aromatic heterocycles. The van der Waals surface area contributed by atoms with E-state index in [1.165, 1.54) is 10.9 Å². The minimum absolute atomic E-state index is 0. The number of aromatic nitrogens is 5. The molecular formula is C28H25ClF3N7O. The zero-order chi connectivity index (χ0) is 27.8. The molecule has 206 valence electrons. The van der Waals surface area contributed by atoms with Gasteiger partial charge in [0.25, 0.3) is 0 Å². The van der Waals surface area contributed by atoms with E-state index in [0.717, 1.165) is 17.7 Å². The summed E-state index contributed by atoms with van der Waals surface area (Å²) < 4.78 is 44.0. The van der Waals surface area contributed by atoms with Crippen molar-refractivity contribution in [2.75, 3.05) is 5.32 Å². The maximum atomic E-state index is 14.2. The van der Waals surface area contributed by atoms with Crippen molar-refractivity contribution in [1.82, 2.24) is 24.5 Å². The van der Waals surface area contributed by atoms with E-state index in [0.29, 0.717) is 17.0 Å². The SMILES string of the molecule is CC1=CC=C(C(N)=O)CC1(Nc1nccc(-c2cccnc2)n1)c1cc(-n2cnc(C)c2)cc(C(F)(F)F)c1.Cl. The van der Waals surface area contributed by atoms with E-state index < -0.39 is 23.2 Å². The number of amides is 1. The first-order valence-corrected chi connectivity index (χ1v) is 12.0. The number of nitrogens with one attached hydrogen (secondary N) is 1. The molecule has 1 aromatic carbocycles. The largest absolute Gasteiger partial charge is 0.416 e. The highest BCUT2D eigenvalue weighted by molar-refractivity contribution is 5.93. The van der Waals surface area contributed by atoms with Crippen molar-refractivity contribution >= 4 is 24.3 Å². The van der Waals surface area contributed by atoms with E-state index in [-0.39, 0.29) is 41.6 Å². The first kappa shape index (κ1) is 28.5. The van der Waals surface area contributed by atoms with Gasteiger partial charge >= 0.3 is 6.18 Å². The lowest BCUT2D eigenvalue weighted by molar-refractivity contribution is -0.137. The molecule has 0 fully saturated rings. The molecule has 1 unspecified atom stereocenters. The van der Waals surface area contributed by atoms with Gasteiger partial charge in [0, 0.05) is 48.0 Å². The van der Waals surface area contributed by atoms with Gasteiger partial charge in [-0.2, -0.15) is 13.2 Å². The summed E-state index contributed by atoms with van der Waals surface area (Å²) in [7, 11) is 0.